The standard InChI is InChI=1S/C27H28ClN3O3/c1-4-17(2)29-26(33)18(3)30(15-19-8-5-11-21(28)14-19)24(32)16-31-23-13-7-10-20-9-6-12-22(25(20)23)27(31)34/h5-14,17-18H,4,15-16H2,1-3H3,(H,29,33)/t17-,18+/m0/s1. The molecule has 1 heterocycles. The first-order chi connectivity index (χ1) is 16.3. The van der Waals surface area contributed by atoms with E-state index in [0.29, 0.717) is 16.3 Å². The highest BCUT2D eigenvalue weighted by Gasteiger charge is 2.34. The fraction of sp³-hybridized carbons (Fsp3) is 0.296. The average Bonchev–Trinajstić information content (AvgIpc) is 3.10. The van der Waals surface area contributed by atoms with Gasteiger partial charge in [0.25, 0.3) is 5.91 Å². The van der Waals surface area contributed by atoms with Gasteiger partial charge >= 0.3 is 0 Å². The Hall–Kier alpha value is -3.38. The van der Waals surface area contributed by atoms with E-state index in [9.17, 15) is 14.4 Å². The predicted molar refractivity (Wildman–Crippen MR) is 135 cm³/mol. The molecular weight excluding hydrogens is 450 g/mol. The maximum absolute atomic E-state index is 13.6. The van der Waals surface area contributed by atoms with Crippen molar-refractivity contribution in [3.05, 3.63) is 76.8 Å². The minimum absolute atomic E-state index is 0.00895. The van der Waals surface area contributed by atoms with Crippen molar-refractivity contribution in [3.8, 4) is 0 Å². The fourth-order valence-corrected chi connectivity index (χ4v) is 4.46. The number of hydrogen-bond acceptors (Lipinski definition) is 3. The Labute approximate surface area is 204 Å². The van der Waals surface area contributed by atoms with Gasteiger partial charge in [-0.3, -0.25) is 19.3 Å². The number of anilines is 1. The lowest BCUT2D eigenvalue weighted by Gasteiger charge is -2.31. The number of nitrogens with one attached hydrogen (secondary N) is 1. The summed E-state index contributed by atoms with van der Waals surface area (Å²) in [5.41, 5.74) is 2.11. The van der Waals surface area contributed by atoms with Gasteiger partial charge < -0.3 is 10.2 Å². The smallest absolute Gasteiger partial charge is 0.259 e. The number of nitrogens with zero attached hydrogens (tertiary/aromatic N) is 2. The van der Waals surface area contributed by atoms with Gasteiger partial charge in [-0.2, -0.15) is 0 Å². The molecule has 1 N–H and O–H groups in total. The third-order valence-corrected chi connectivity index (χ3v) is 6.59. The molecule has 0 spiro atoms. The third-order valence-electron chi connectivity index (χ3n) is 6.35. The third kappa shape index (κ3) is 4.64. The number of carbonyl (C=O) groups is 3. The largest absolute Gasteiger partial charge is 0.352 e. The van der Waals surface area contributed by atoms with Crippen molar-refractivity contribution in [2.24, 2.45) is 0 Å². The maximum Gasteiger partial charge on any atom is 0.259 e. The first-order valence-electron chi connectivity index (χ1n) is 11.5. The van der Waals surface area contributed by atoms with E-state index in [1.165, 1.54) is 9.80 Å². The molecule has 0 saturated carbocycles. The van der Waals surface area contributed by atoms with Crippen LogP contribution in [-0.2, 0) is 16.1 Å². The summed E-state index contributed by atoms with van der Waals surface area (Å²) in [6.07, 6.45) is 0.783. The Morgan fingerprint density at radius 2 is 1.76 bits per heavy atom. The molecular formula is C27H28ClN3O3. The molecule has 3 aromatic rings. The summed E-state index contributed by atoms with van der Waals surface area (Å²) in [5, 5.41) is 5.32. The van der Waals surface area contributed by atoms with Crippen molar-refractivity contribution >= 4 is 45.8 Å². The van der Waals surface area contributed by atoms with Crippen LogP contribution in [0, 0.1) is 0 Å². The summed E-state index contributed by atoms with van der Waals surface area (Å²) >= 11 is 6.16. The lowest BCUT2D eigenvalue weighted by atomic mass is 10.1. The average molecular weight is 478 g/mol. The number of amides is 3. The van der Waals surface area contributed by atoms with E-state index in [0.717, 1.165) is 22.8 Å². The first kappa shape index (κ1) is 23.8. The molecule has 34 heavy (non-hydrogen) atoms. The highest BCUT2D eigenvalue weighted by Crippen LogP contribution is 2.37. The Balaban J connectivity index is 1.62. The van der Waals surface area contributed by atoms with Crippen LogP contribution < -0.4 is 10.2 Å². The molecule has 3 aromatic carbocycles. The minimum atomic E-state index is -0.726. The molecule has 3 amide bonds. The van der Waals surface area contributed by atoms with Crippen LogP contribution in [0.2, 0.25) is 5.02 Å². The molecule has 0 radical (unpaired) electrons. The number of halogens is 1. The Morgan fingerprint density at radius 1 is 1.06 bits per heavy atom. The number of benzene rings is 3. The minimum Gasteiger partial charge on any atom is -0.352 e. The van der Waals surface area contributed by atoms with Crippen LogP contribution in [0.4, 0.5) is 5.69 Å². The van der Waals surface area contributed by atoms with E-state index in [1.54, 1.807) is 25.1 Å². The van der Waals surface area contributed by atoms with Crippen molar-refractivity contribution in [1.29, 1.82) is 0 Å². The molecule has 176 valence electrons. The van der Waals surface area contributed by atoms with Crippen molar-refractivity contribution in [1.82, 2.24) is 10.2 Å². The monoisotopic (exact) mass is 477 g/mol. The van der Waals surface area contributed by atoms with E-state index in [4.69, 9.17) is 11.6 Å². The summed E-state index contributed by atoms with van der Waals surface area (Å²) in [6, 6.07) is 17.7. The highest BCUT2D eigenvalue weighted by atomic mass is 35.5. The number of carbonyl (C=O) groups excluding carboxylic acids is 3. The summed E-state index contributed by atoms with van der Waals surface area (Å²) in [4.78, 5) is 42.8. The lowest BCUT2D eigenvalue weighted by Crippen LogP contribution is -2.52. The van der Waals surface area contributed by atoms with Gasteiger partial charge in [-0.1, -0.05) is 54.9 Å². The van der Waals surface area contributed by atoms with Gasteiger partial charge in [-0.25, -0.2) is 0 Å². The first-order valence-corrected chi connectivity index (χ1v) is 11.9. The second-order valence-electron chi connectivity index (χ2n) is 8.72. The van der Waals surface area contributed by atoms with Crippen molar-refractivity contribution in [2.75, 3.05) is 11.4 Å². The van der Waals surface area contributed by atoms with Crippen LogP contribution in [0.5, 0.6) is 0 Å². The van der Waals surface area contributed by atoms with Crippen LogP contribution in [0.25, 0.3) is 10.8 Å². The Kier molecular flexibility index (Phi) is 6.89. The molecule has 1 aliphatic rings. The summed E-state index contributed by atoms with van der Waals surface area (Å²) < 4.78 is 0. The van der Waals surface area contributed by atoms with Gasteiger partial charge in [0.2, 0.25) is 11.8 Å². The topological polar surface area (TPSA) is 69.7 Å². The molecule has 0 saturated heterocycles. The SMILES string of the molecule is CC[C@H](C)NC(=O)[C@@H](C)N(Cc1cccc(Cl)c1)C(=O)CN1C(=O)c2cccc3cccc1c23. The molecule has 6 nitrogen and oxygen atoms in total. The molecule has 4 rings (SSSR count). The van der Waals surface area contributed by atoms with Gasteiger partial charge in [-0.05, 0) is 55.5 Å². The lowest BCUT2D eigenvalue weighted by molar-refractivity contribution is -0.139. The van der Waals surface area contributed by atoms with E-state index in [1.807, 2.05) is 56.3 Å². The fourth-order valence-electron chi connectivity index (χ4n) is 4.24. The van der Waals surface area contributed by atoms with Crippen LogP contribution in [-0.4, -0.2) is 41.2 Å². The Bertz CT molecular complexity index is 1250. The molecule has 1 aliphatic heterocycles. The van der Waals surface area contributed by atoms with Gasteiger partial charge in [0, 0.05) is 28.6 Å². The van der Waals surface area contributed by atoms with Crippen LogP contribution in [0.1, 0.15) is 43.1 Å². The highest BCUT2D eigenvalue weighted by molar-refractivity contribution is 6.30. The van der Waals surface area contributed by atoms with Crippen molar-refractivity contribution in [3.63, 3.8) is 0 Å². The van der Waals surface area contributed by atoms with Crippen molar-refractivity contribution in [2.45, 2.75) is 45.8 Å². The molecule has 0 fully saturated rings. The number of hydrogen-bond donors (Lipinski definition) is 1. The van der Waals surface area contributed by atoms with Crippen LogP contribution >= 0.6 is 11.6 Å². The van der Waals surface area contributed by atoms with E-state index < -0.39 is 6.04 Å². The molecule has 0 aliphatic carbocycles. The van der Waals surface area contributed by atoms with Gasteiger partial charge in [-0.15, -0.1) is 0 Å². The summed E-state index contributed by atoms with van der Waals surface area (Å²) in [6.45, 7) is 5.67. The summed E-state index contributed by atoms with van der Waals surface area (Å²) in [5.74, 6) is -0.757. The second-order valence-corrected chi connectivity index (χ2v) is 9.15. The quantitative estimate of drug-likeness (QED) is 0.507. The predicted octanol–water partition coefficient (Wildman–Crippen LogP) is 4.79. The summed E-state index contributed by atoms with van der Waals surface area (Å²) in [7, 11) is 0. The molecule has 0 unspecified atom stereocenters. The molecule has 7 heteroatoms. The molecule has 0 aromatic heterocycles. The van der Waals surface area contributed by atoms with E-state index in [-0.39, 0.29) is 36.9 Å². The molecule has 0 bridgehead atoms. The van der Waals surface area contributed by atoms with Gasteiger partial charge in [0.05, 0.1) is 5.69 Å². The van der Waals surface area contributed by atoms with Crippen molar-refractivity contribution < 1.29 is 14.4 Å². The van der Waals surface area contributed by atoms with Crippen LogP contribution in [0.3, 0.4) is 0 Å². The molecule has 2 atom stereocenters. The van der Waals surface area contributed by atoms with Crippen LogP contribution in [0.15, 0.2) is 60.7 Å². The zero-order valence-corrected chi connectivity index (χ0v) is 20.3. The maximum atomic E-state index is 13.6. The van der Waals surface area contributed by atoms with Gasteiger partial charge in [0.15, 0.2) is 0 Å². The van der Waals surface area contributed by atoms with Gasteiger partial charge in [0.1, 0.15) is 12.6 Å². The van der Waals surface area contributed by atoms with E-state index >= 15 is 0 Å². The Morgan fingerprint density at radius 3 is 2.47 bits per heavy atom. The second kappa shape index (κ2) is 9.85. The number of rotatable bonds is 8. The van der Waals surface area contributed by atoms with E-state index in [2.05, 4.69) is 5.32 Å². The normalized spacial score (nSPS) is 14.2. The zero-order valence-electron chi connectivity index (χ0n) is 19.5. The zero-order chi connectivity index (χ0) is 24.4.